The molecule has 0 spiro atoms. The van der Waals surface area contributed by atoms with Crippen molar-refractivity contribution < 1.29 is 0 Å². The van der Waals surface area contributed by atoms with Gasteiger partial charge in [0.25, 0.3) is 0 Å². The molecule has 0 nitrogen and oxygen atoms in total. The Morgan fingerprint density at radius 1 is 0.857 bits per heavy atom. The summed E-state index contributed by atoms with van der Waals surface area (Å²) in [6.07, 6.45) is 8.57. The second-order valence-electron chi connectivity index (χ2n) is 5.07. The summed E-state index contributed by atoms with van der Waals surface area (Å²) in [5.41, 5.74) is 6.59. The van der Waals surface area contributed by atoms with Crippen LogP contribution < -0.4 is 0 Å². The number of allylic oxidation sites excluding steroid dienone is 4. The van der Waals surface area contributed by atoms with E-state index >= 15 is 0 Å². The first-order valence-corrected chi connectivity index (χ1v) is 6.06. The lowest BCUT2D eigenvalue weighted by molar-refractivity contribution is 0.398. The van der Waals surface area contributed by atoms with E-state index in [1.807, 2.05) is 0 Å². The van der Waals surface area contributed by atoms with Crippen LogP contribution in [-0.4, -0.2) is 0 Å². The molecule has 78 valence electrons. The highest BCUT2D eigenvalue weighted by Gasteiger charge is 2.24. The van der Waals surface area contributed by atoms with E-state index in [4.69, 9.17) is 0 Å². The third-order valence-corrected chi connectivity index (χ3v) is 4.24. The molecule has 0 heteroatoms. The van der Waals surface area contributed by atoms with Gasteiger partial charge >= 0.3 is 0 Å². The molecule has 0 aromatic carbocycles. The van der Waals surface area contributed by atoms with Crippen LogP contribution in [0.5, 0.6) is 0 Å². The van der Waals surface area contributed by atoms with E-state index in [9.17, 15) is 0 Å². The molecule has 0 N–H and O–H groups in total. The second-order valence-corrected chi connectivity index (χ2v) is 5.07. The smallest absolute Gasteiger partial charge is 0.00968 e. The van der Waals surface area contributed by atoms with Crippen LogP contribution in [0.25, 0.3) is 0 Å². The maximum Gasteiger partial charge on any atom is -0.00968 e. The molecular formula is C14H22. The Balaban J connectivity index is 2.13. The summed E-state index contributed by atoms with van der Waals surface area (Å²) in [5, 5.41) is 0. The van der Waals surface area contributed by atoms with Crippen LogP contribution in [0.15, 0.2) is 22.3 Å². The first kappa shape index (κ1) is 10.0. The topological polar surface area (TPSA) is 0 Å². The van der Waals surface area contributed by atoms with Crippen LogP contribution in [0.1, 0.15) is 59.3 Å². The van der Waals surface area contributed by atoms with E-state index in [0.29, 0.717) is 0 Å². The summed E-state index contributed by atoms with van der Waals surface area (Å²) in [6, 6.07) is 0. The highest BCUT2D eigenvalue weighted by Crippen LogP contribution is 2.41. The Bertz CT molecular complexity index is 285. The summed E-state index contributed by atoms with van der Waals surface area (Å²) < 4.78 is 0. The minimum Gasteiger partial charge on any atom is -0.0661 e. The minimum atomic E-state index is 0.927. The fourth-order valence-corrected chi connectivity index (χ4v) is 3.01. The molecule has 0 aliphatic heterocycles. The Morgan fingerprint density at radius 3 is 2.00 bits per heavy atom. The van der Waals surface area contributed by atoms with Crippen molar-refractivity contribution in [2.24, 2.45) is 5.92 Å². The van der Waals surface area contributed by atoms with Gasteiger partial charge in [0.2, 0.25) is 0 Å². The molecule has 0 unspecified atom stereocenters. The lowest BCUT2D eigenvalue weighted by Crippen LogP contribution is -2.09. The Labute approximate surface area is 88.1 Å². The van der Waals surface area contributed by atoms with E-state index in [-0.39, 0.29) is 0 Å². The van der Waals surface area contributed by atoms with Gasteiger partial charge in [0.15, 0.2) is 0 Å². The first-order chi connectivity index (χ1) is 6.70. The summed E-state index contributed by atoms with van der Waals surface area (Å²) in [7, 11) is 0. The van der Waals surface area contributed by atoms with Crippen LogP contribution in [0.4, 0.5) is 0 Å². The quantitative estimate of drug-likeness (QED) is 0.566. The van der Waals surface area contributed by atoms with Gasteiger partial charge in [-0.05, 0) is 57.1 Å². The van der Waals surface area contributed by atoms with Crippen LogP contribution in [0.3, 0.4) is 0 Å². The SMILES string of the molecule is CC1=C(C)C(C)=C(C2CCCCC2)C1. The molecule has 2 aliphatic carbocycles. The monoisotopic (exact) mass is 190 g/mol. The Morgan fingerprint density at radius 2 is 1.50 bits per heavy atom. The van der Waals surface area contributed by atoms with Crippen molar-refractivity contribution in [1.29, 1.82) is 0 Å². The number of rotatable bonds is 1. The zero-order valence-corrected chi connectivity index (χ0v) is 9.82. The fraction of sp³-hybridized carbons (Fsp3) is 0.714. The summed E-state index contributed by atoms with van der Waals surface area (Å²) in [4.78, 5) is 0. The molecular weight excluding hydrogens is 168 g/mol. The van der Waals surface area contributed by atoms with Gasteiger partial charge in [-0.2, -0.15) is 0 Å². The molecule has 0 amide bonds. The highest BCUT2D eigenvalue weighted by molar-refractivity contribution is 5.45. The third kappa shape index (κ3) is 1.67. The van der Waals surface area contributed by atoms with Crippen LogP contribution in [0.2, 0.25) is 0 Å². The normalized spacial score (nSPS) is 25.1. The van der Waals surface area contributed by atoms with Gasteiger partial charge in [0.1, 0.15) is 0 Å². The van der Waals surface area contributed by atoms with E-state index in [2.05, 4.69) is 20.8 Å². The number of hydrogen-bond acceptors (Lipinski definition) is 0. The molecule has 1 saturated carbocycles. The number of hydrogen-bond donors (Lipinski definition) is 0. The predicted molar refractivity (Wildman–Crippen MR) is 62.3 cm³/mol. The van der Waals surface area contributed by atoms with E-state index in [1.165, 1.54) is 38.5 Å². The Hall–Kier alpha value is -0.520. The summed E-state index contributed by atoms with van der Waals surface area (Å²) in [6.45, 7) is 6.92. The standard InChI is InChI=1S/C14H22/c1-10-9-14(12(3)11(10)2)13-7-5-4-6-8-13/h13H,4-9H2,1-3H3. The largest absolute Gasteiger partial charge is 0.0661 e. The minimum absolute atomic E-state index is 0.927. The van der Waals surface area contributed by atoms with Gasteiger partial charge in [-0.25, -0.2) is 0 Å². The van der Waals surface area contributed by atoms with Gasteiger partial charge in [0.05, 0.1) is 0 Å². The molecule has 0 bridgehead atoms. The highest BCUT2D eigenvalue weighted by atomic mass is 14.3. The van der Waals surface area contributed by atoms with Gasteiger partial charge in [-0.15, -0.1) is 0 Å². The first-order valence-electron chi connectivity index (χ1n) is 6.06. The molecule has 2 rings (SSSR count). The van der Waals surface area contributed by atoms with Crippen LogP contribution in [-0.2, 0) is 0 Å². The van der Waals surface area contributed by atoms with E-state index in [0.717, 1.165) is 5.92 Å². The fourth-order valence-electron chi connectivity index (χ4n) is 3.01. The molecule has 0 saturated heterocycles. The average molecular weight is 190 g/mol. The van der Waals surface area contributed by atoms with Crippen LogP contribution in [0, 0.1) is 5.92 Å². The molecule has 0 radical (unpaired) electrons. The van der Waals surface area contributed by atoms with Crippen LogP contribution >= 0.6 is 0 Å². The zero-order valence-electron chi connectivity index (χ0n) is 9.82. The van der Waals surface area contributed by atoms with Gasteiger partial charge < -0.3 is 0 Å². The van der Waals surface area contributed by atoms with Crippen molar-refractivity contribution in [1.82, 2.24) is 0 Å². The summed E-state index contributed by atoms with van der Waals surface area (Å²) in [5.74, 6) is 0.927. The van der Waals surface area contributed by atoms with Crippen molar-refractivity contribution in [2.75, 3.05) is 0 Å². The van der Waals surface area contributed by atoms with Gasteiger partial charge in [-0.1, -0.05) is 30.4 Å². The lowest BCUT2D eigenvalue weighted by Gasteiger charge is -2.24. The average Bonchev–Trinajstić information content (AvgIpc) is 2.47. The van der Waals surface area contributed by atoms with E-state index in [1.54, 1.807) is 22.3 Å². The van der Waals surface area contributed by atoms with Crippen molar-refractivity contribution in [2.45, 2.75) is 59.3 Å². The lowest BCUT2D eigenvalue weighted by atomic mass is 9.81. The van der Waals surface area contributed by atoms with Crippen molar-refractivity contribution >= 4 is 0 Å². The molecule has 0 aromatic rings. The molecule has 1 fully saturated rings. The van der Waals surface area contributed by atoms with Crippen molar-refractivity contribution in [3.63, 3.8) is 0 Å². The zero-order chi connectivity index (χ0) is 10.1. The van der Waals surface area contributed by atoms with Crippen molar-refractivity contribution in [3.8, 4) is 0 Å². The molecule has 14 heavy (non-hydrogen) atoms. The molecule has 2 aliphatic rings. The molecule has 0 atom stereocenters. The Kier molecular flexibility index (Phi) is 2.80. The third-order valence-electron chi connectivity index (χ3n) is 4.24. The maximum absolute atomic E-state index is 2.33. The molecule has 0 aromatic heterocycles. The summed E-state index contributed by atoms with van der Waals surface area (Å²) >= 11 is 0. The van der Waals surface area contributed by atoms with Gasteiger partial charge in [0, 0.05) is 0 Å². The van der Waals surface area contributed by atoms with E-state index < -0.39 is 0 Å². The maximum atomic E-state index is 2.33. The predicted octanol–water partition coefficient (Wildman–Crippen LogP) is 4.62. The van der Waals surface area contributed by atoms with Crippen molar-refractivity contribution in [3.05, 3.63) is 22.3 Å². The van der Waals surface area contributed by atoms with Gasteiger partial charge in [-0.3, -0.25) is 0 Å². The second kappa shape index (κ2) is 3.92. The molecule has 0 heterocycles.